The van der Waals surface area contributed by atoms with Crippen molar-refractivity contribution in [1.29, 1.82) is 0 Å². The van der Waals surface area contributed by atoms with E-state index in [1.807, 2.05) is 17.0 Å². The number of rotatable bonds is 20. The van der Waals surface area contributed by atoms with E-state index in [1.165, 1.54) is 25.7 Å². The van der Waals surface area contributed by atoms with Gasteiger partial charge < -0.3 is 21.3 Å². The molecule has 53 heavy (non-hydrogen) atoms. The van der Waals surface area contributed by atoms with Gasteiger partial charge in [-0.25, -0.2) is 4.99 Å². The van der Waals surface area contributed by atoms with Crippen LogP contribution in [0.3, 0.4) is 0 Å². The van der Waals surface area contributed by atoms with Crippen molar-refractivity contribution in [2.75, 3.05) is 25.0 Å². The second kappa shape index (κ2) is 21.4. The first kappa shape index (κ1) is 41.4. The number of carbonyl (C=O) groups is 4. The average Bonchev–Trinajstić information content (AvgIpc) is 3.31. The van der Waals surface area contributed by atoms with Gasteiger partial charge in [-0.05, 0) is 99.5 Å². The molecule has 3 amide bonds. The van der Waals surface area contributed by atoms with Crippen LogP contribution >= 0.6 is 0 Å². The number of anilines is 1. The van der Waals surface area contributed by atoms with Gasteiger partial charge in [0.25, 0.3) is 5.91 Å². The number of nitrogens with zero attached hydrogens (tertiary/aromatic N) is 3. The summed E-state index contributed by atoms with van der Waals surface area (Å²) in [7, 11) is 0. The van der Waals surface area contributed by atoms with Gasteiger partial charge in [0.15, 0.2) is 0 Å². The smallest absolute Gasteiger partial charge is 0.255 e. The molecule has 0 bridgehead atoms. The van der Waals surface area contributed by atoms with Crippen molar-refractivity contribution >= 4 is 46.8 Å². The molecule has 288 valence electrons. The number of hydrogen-bond donors (Lipinski definition) is 3. The Kier molecular flexibility index (Phi) is 16.7. The zero-order valence-electron chi connectivity index (χ0n) is 32.6. The van der Waals surface area contributed by atoms with Crippen LogP contribution in [0.25, 0.3) is 6.08 Å². The van der Waals surface area contributed by atoms with Crippen LogP contribution in [-0.4, -0.2) is 58.9 Å². The highest BCUT2D eigenvalue weighted by Gasteiger charge is 2.26. The van der Waals surface area contributed by atoms with E-state index >= 15 is 0 Å². The fourth-order valence-electron chi connectivity index (χ4n) is 7.29. The third kappa shape index (κ3) is 13.5. The highest BCUT2D eigenvalue weighted by Crippen LogP contribution is 2.33. The van der Waals surface area contributed by atoms with Crippen LogP contribution in [0.5, 0.6) is 0 Å². The number of nitrogens with two attached hydrogens (primary N) is 1. The molecule has 2 aromatic rings. The maximum absolute atomic E-state index is 13.3. The molecular weight excluding hydrogens is 665 g/mol. The number of aliphatic imine (C=N–C) groups is 1. The van der Waals surface area contributed by atoms with Crippen LogP contribution in [0, 0.1) is 17.8 Å². The Bertz CT molecular complexity index is 1600. The van der Waals surface area contributed by atoms with Gasteiger partial charge in [0.05, 0.1) is 17.6 Å². The van der Waals surface area contributed by atoms with E-state index in [2.05, 4.69) is 48.3 Å². The minimum absolute atomic E-state index is 0.0347. The summed E-state index contributed by atoms with van der Waals surface area (Å²) in [6, 6.07) is 7.03. The Labute approximate surface area is 316 Å². The molecule has 2 heterocycles. The van der Waals surface area contributed by atoms with Crippen molar-refractivity contribution in [3.8, 4) is 0 Å². The van der Waals surface area contributed by atoms with Crippen LogP contribution in [-0.2, 0) is 20.8 Å². The topological polar surface area (TPSA) is 147 Å². The molecular formula is C43H62N6O4. The van der Waals surface area contributed by atoms with Crippen molar-refractivity contribution in [3.63, 3.8) is 0 Å². The lowest BCUT2D eigenvalue weighted by Crippen LogP contribution is -2.34. The number of hydrogen-bond acceptors (Lipinski definition) is 7. The SMILES string of the molecule is CCCN(CCC)C(=O)C1=Cc2ccc(C(=O)Nc3cncc(CCC(=O)CCCCCNC(=O)C4CCC(CCC(C)C)CC4)c3)cc2N=C(N)C1. The van der Waals surface area contributed by atoms with Gasteiger partial charge in [0.2, 0.25) is 11.8 Å². The highest BCUT2D eigenvalue weighted by molar-refractivity contribution is 6.08. The van der Waals surface area contributed by atoms with Crippen LogP contribution < -0.4 is 16.4 Å². The molecule has 4 N–H and O–H groups in total. The number of aryl methyl sites for hydroxylation is 1. The number of fused-ring (bicyclic) bond motifs is 1. The summed E-state index contributed by atoms with van der Waals surface area (Å²) < 4.78 is 0. The van der Waals surface area contributed by atoms with Gasteiger partial charge in [0.1, 0.15) is 11.6 Å². The fourth-order valence-corrected chi connectivity index (χ4v) is 7.29. The predicted octanol–water partition coefficient (Wildman–Crippen LogP) is 8.18. The number of nitrogens with one attached hydrogen (secondary N) is 2. The Balaban J connectivity index is 1.18. The molecule has 1 aliphatic heterocycles. The molecule has 10 nitrogen and oxygen atoms in total. The van der Waals surface area contributed by atoms with E-state index in [0.717, 1.165) is 67.9 Å². The van der Waals surface area contributed by atoms with Crippen LogP contribution in [0.1, 0.15) is 139 Å². The zero-order valence-corrected chi connectivity index (χ0v) is 32.6. The van der Waals surface area contributed by atoms with Gasteiger partial charge >= 0.3 is 0 Å². The van der Waals surface area contributed by atoms with E-state index in [-0.39, 0.29) is 35.8 Å². The molecule has 0 atom stereocenters. The predicted molar refractivity (Wildman–Crippen MR) is 214 cm³/mol. The Morgan fingerprint density at radius 2 is 1.70 bits per heavy atom. The summed E-state index contributed by atoms with van der Waals surface area (Å²) in [6.45, 7) is 10.7. The van der Waals surface area contributed by atoms with Crippen LogP contribution in [0.2, 0.25) is 0 Å². The fraction of sp³-hybridized carbons (Fsp3) is 0.581. The molecule has 1 aromatic carbocycles. The molecule has 0 spiro atoms. The van der Waals surface area contributed by atoms with E-state index < -0.39 is 0 Å². The minimum Gasteiger partial charge on any atom is -0.387 e. The van der Waals surface area contributed by atoms with E-state index in [9.17, 15) is 19.2 Å². The second-order valence-electron chi connectivity index (χ2n) is 15.4. The first-order chi connectivity index (χ1) is 25.6. The van der Waals surface area contributed by atoms with Gasteiger partial charge in [0, 0.05) is 67.7 Å². The van der Waals surface area contributed by atoms with E-state index in [1.54, 1.807) is 30.6 Å². The molecule has 4 rings (SSSR count). The number of amidine groups is 1. The van der Waals surface area contributed by atoms with E-state index in [4.69, 9.17) is 5.73 Å². The van der Waals surface area contributed by atoms with Gasteiger partial charge in [-0.2, -0.15) is 0 Å². The molecule has 1 aromatic heterocycles. The maximum atomic E-state index is 13.3. The summed E-state index contributed by atoms with van der Waals surface area (Å²) in [6.07, 6.45) is 18.1. The zero-order chi connectivity index (χ0) is 38.2. The molecule has 2 aliphatic rings. The Morgan fingerprint density at radius 3 is 2.42 bits per heavy atom. The van der Waals surface area contributed by atoms with Crippen molar-refractivity contribution in [3.05, 3.63) is 58.9 Å². The van der Waals surface area contributed by atoms with E-state index in [0.29, 0.717) is 67.2 Å². The van der Waals surface area contributed by atoms with Gasteiger partial charge in [-0.3, -0.25) is 24.2 Å². The molecule has 1 saturated carbocycles. The first-order valence-corrected chi connectivity index (χ1v) is 20.1. The quantitative estimate of drug-likeness (QED) is 0.117. The monoisotopic (exact) mass is 726 g/mol. The Hall–Kier alpha value is -4.34. The van der Waals surface area contributed by atoms with Crippen molar-refractivity contribution in [2.24, 2.45) is 28.5 Å². The normalized spacial score (nSPS) is 16.9. The lowest BCUT2D eigenvalue weighted by molar-refractivity contribution is -0.127. The third-order valence-electron chi connectivity index (χ3n) is 10.4. The summed E-state index contributed by atoms with van der Waals surface area (Å²) in [5.74, 6) is 2.07. The number of carbonyl (C=O) groups excluding carboxylic acids is 4. The number of amides is 3. The summed E-state index contributed by atoms with van der Waals surface area (Å²) in [5, 5.41) is 6.04. The lowest BCUT2D eigenvalue weighted by Gasteiger charge is -2.28. The molecule has 10 heteroatoms. The molecule has 0 unspecified atom stereocenters. The van der Waals surface area contributed by atoms with Crippen molar-refractivity contribution in [2.45, 2.75) is 124 Å². The summed E-state index contributed by atoms with van der Waals surface area (Å²) in [5.41, 5.74) is 9.91. The summed E-state index contributed by atoms with van der Waals surface area (Å²) in [4.78, 5) is 62.5. The van der Waals surface area contributed by atoms with Gasteiger partial charge in [-0.1, -0.05) is 53.0 Å². The average molecular weight is 727 g/mol. The lowest BCUT2D eigenvalue weighted by atomic mass is 9.79. The third-order valence-corrected chi connectivity index (χ3v) is 10.4. The number of benzene rings is 1. The number of unbranched alkanes of at least 4 members (excludes halogenated alkanes) is 2. The Morgan fingerprint density at radius 1 is 0.943 bits per heavy atom. The highest BCUT2D eigenvalue weighted by atomic mass is 16.2. The molecule has 0 saturated heterocycles. The summed E-state index contributed by atoms with van der Waals surface area (Å²) >= 11 is 0. The maximum Gasteiger partial charge on any atom is 0.255 e. The van der Waals surface area contributed by atoms with Crippen molar-refractivity contribution in [1.82, 2.24) is 15.2 Å². The van der Waals surface area contributed by atoms with Crippen LogP contribution in [0.4, 0.5) is 11.4 Å². The first-order valence-electron chi connectivity index (χ1n) is 20.1. The minimum atomic E-state index is -0.320. The number of aromatic nitrogens is 1. The van der Waals surface area contributed by atoms with Gasteiger partial charge in [-0.15, -0.1) is 0 Å². The molecule has 1 aliphatic carbocycles. The molecule has 1 fully saturated rings. The number of ketones is 1. The largest absolute Gasteiger partial charge is 0.387 e. The second-order valence-corrected chi connectivity index (χ2v) is 15.4. The van der Waals surface area contributed by atoms with Crippen LogP contribution in [0.15, 0.2) is 47.2 Å². The molecule has 0 radical (unpaired) electrons. The standard InChI is InChI=1S/C43H62N6O4/c1-5-22-49(23-6-2)43(53)36-25-34-18-19-35(26-39(34)48-40(44)27-36)42(52)47-37-24-32(28-45-29-37)15-20-38(50)10-8-7-9-21-46-41(51)33-16-13-31(14-17-33)12-11-30(3)4/h18-19,24-26,28-31,33H,5-17,20-23,27H2,1-4H3,(H2,44,48)(H,46,51)(H,47,52). The number of Topliss-reactive ketones (excluding diaryl/α,β-unsaturated/α-hetero) is 1. The number of pyridine rings is 1. The van der Waals surface area contributed by atoms with Crippen molar-refractivity contribution < 1.29 is 19.2 Å².